The highest BCUT2D eigenvalue weighted by Crippen LogP contribution is 2.68. The van der Waals surface area contributed by atoms with Crippen molar-refractivity contribution in [3.63, 3.8) is 0 Å². The van der Waals surface area contributed by atoms with Gasteiger partial charge in [-0.15, -0.1) is 0 Å². The highest BCUT2D eigenvalue weighted by atomic mass is 19.3. The van der Waals surface area contributed by atoms with Crippen LogP contribution in [0.5, 0.6) is 0 Å². The predicted octanol–water partition coefficient (Wildman–Crippen LogP) is 2.59. The lowest BCUT2D eigenvalue weighted by molar-refractivity contribution is -0.144. The van der Waals surface area contributed by atoms with Crippen LogP contribution in [-0.2, 0) is 22.0 Å². The Balaban J connectivity index is 2.02. The summed E-state index contributed by atoms with van der Waals surface area (Å²) in [5.74, 6) is -5.46. The van der Waals surface area contributed by atoms with E-state index in [1.165, 1.54) is 0 Å². The predicted molar refractivity (Wildman–Crippen MR) is 58.6 cm³/mol. The van der Waals surface area contributed by atoms with Gasteiger partial charge in [-0.25, -0.2) is 8.78 Å². The molecule has 1 saturated carbocycles. The van der Waals surface area contributed by atoms with Crippen molar-refractivity contribution in [2.75, 3.05) is 6.61 Å². The number of esters is 1. The van der Waals surface area contributed by atoms with Gasteiger partial charge in [-0.2, -0.15) is 13.9 Å². The number of hydrogen-bond donors (Lipinski definition) is 0. The third-order valence-corrected chi connectivity index (χ3v) is 3.75. The van der Waals surface area contributed by atoms with E-state index in [0.29, 0.717) is 4.68 Å². The minimum absolute atomic E-state index is 0.0701. The van der Waals surface area contributed by atoms with E-state index in [1.54, 1.807) is 6.92 Å². The maximum atomic E-state index is 14.1. The number of ether oxygens (including phenoxy) is 1. The molecule has 1 aromatic heterocycles. The summed E-state index contributed by atoms with van der Waals surface area (Å²) >= 11 is 0. The molecule has 0 saturated heterocycles. The normalized spacial score (nSPS) is 25.5. The molecule has 4 nitrogen and oxygen atoms in total. The number of fused-ring (bicyclic) bond motifs is 3. The van der Waals surface area contributed by atoms with Crippen LogP contribution >= 0.6 is 0 Å². The van der Waals surface area contributed by atoms with Gasteiger partial charge in [-0.3, -0.25) is 9.48 Å². The zero-order valence-electron chi connectivity index (χ0n) is 10.6. The second-order valence-corrected chi connectivity index (χ2v) is 4.98. The van der Waals surface area contributed by atoms with Gasteiger partial charge in [0.2, 0.25) is 0 Å². The fraction of sp³-hybridized carbons (Fsp3) is 0.667. The molecule has 0 radical (unpaired) electrons. The molecule has 0 N–H and O–H groups in total. The van der Waals surface area contributed by atoms with Gasteiger partial charge in [0.1, 0.15) is 17.9 Å². The maximum absolute atomic E-state index is 14.1. The molecule has 110 valence electrons. The second-order valence-electron chi connectivity index (χ2n) is 4.98. The van der Waals surface area contributed by atoms with Crippen LogP contribution in [0.15, 0.2) is 0 Å². The fourth-order valence-corrected chi connectivity index (χ4v) is 2.91. The van der Waals surface area contributed by atoms with E-state index >= 15 is 0 Å². The van der Waals surface area contributed by atoms with Crippen molar-refractivity contribution in [1.82, 2.24) is 9.78 Å². The average molecular weight is 292 g/mol. The van der Waals surface area contributed by atoms with E-state index in [4.69, 9.17) is 0 Å². The first-order valence-electron chi connectivity index (χ1n) is 6.30. The Labute approximate surface area is 111 Å². The Kier molecular flexibility index (Phi) is 2.81. The van der Waals surface area contributed by atoms with Gasteiger partial charge < -0.3 is 4.74 Å². The number of alkyl halides is 4. The lowest BCUT2D eigenvalue weighted by atomic mass is 10.1. The molecule has 0 aliphatic heterocycles. The zero-order valence-corrected chi connectivity index (χ0v) is 10.6. The molecule has 1 unspecified atom stereocenters. The Morgan fingerprint density at radius 1 is 1.55 bits per heavy atom. The molecule has 2 atom stereocenters. The van der Waals surface area contributed by atoms with Crippen LogP contribution in [0, 0.1) is 5.92 Å². The van der Waals surface area contributed by atoms with Crippen LogP contribution in [0.2, 0.25) is 0 Å². The van der Waals surface area contributed by atoms with E-state index in [9.17, 15) is 22.4 Å². The Morgan fingerprint density at radius 3 is 2.85 bits per heavy atom. The minimum atomic E-state index is -3.20. The summed E-state index contributed by atoms with van der Waals surface area (Å²) in [6.07, 6.45) is -2.73. The minimum Gasteiger partial charge on any atom is -0.465 e. The van der Waals surface area contributed by atoms with Crippen LogP contribution in [0.25, 0.3) is 0 Å². The highest BCUT2D eigenvalue weighted by molar-refractivity contribution is 5.69. The van der Waals surface area contributed by atoms with Crippen molar-refractivity contribution >= 4 is 5.97 Å². The monoisotopic (exact) mass is 292 g/mol. The molecule has 2 aliphatic carbocycles. The van der Waals surface area contributed by atoms with Crippen LogP contribution in [0.1, 0.15) is 42.6 Å². The molecule has 0 amide bonds. The molecule has 2 aliphatic rings. The van der Waals surface area contributed by atoms with Crippen LogP contribution in [0.3, 0.4) is 0 Å². The van der Waals surface area contributed by atoms with Crippen LogP contribution in [0.4, 0.5) is 17.6 Å². The van der Waals surface area contributed by atoms with E-state index in [0.717, 1.165) is 0 Å². The number of rotatable bonds is 4. The number of aromatic nitrogens is 2. The Bertz CT molecular complexity index is 570. The molecule has 20 heavy (non-hydrogen) atoms. The average Bonchev–Trinajstić information content (AvgIpc) is 3.00. The van der Waals surface area contributed by atoms with Crippen LogP contribution in [-0.4, -0.2) is 22.4 Å². The molecular weight excluding hydrogens is 280 g/mol. The summed E-state index contributed by atoms with van der Waals surface area (Å²) in [7, 11) is 0. The summed E-state index contributed by atoms with van der Waals surface area (Å²) < 4.78 is 59.4. The van der Waals surface area contributed by atoms with Crippen molar-refractivity contribution < 1.29 is 27.1 Å². The smallest absolute Gasteiger partial charge is 0.327 e. The van der Waals surface area contributed by atoms with Crippen molar-refractivity contribution in [1.29, 1.82) is 0 Å². The van der Waals surface area contributed by atoms with E-state index in [2.05, 4.69) is 9.84 Å². The van der Waals surface area contributed by atoms with Gasteiger partial charge >= 0.3 is 5.97 Å². The van der Waals surface area contributed by atoms with Crippen LogP contribution < -0.4 is 0 Å². The number of nitrogens with zero attached hydrogens (tertiary/aromatic N) is 2. The fourth-order valence-electron chi connectivity index (χ4n) is 2.91. The number of carbonyl (C=O) groups is 1. The molecule has 8 heteroatoms. The quantitative estimate of drug-likeness (QED) is 0.633. The van der Waals surface area contributed by atoms with E-state index < -0.39 is 48.1 Å². The van der Waals surface area contributed by atoms with Crippen molar-refractivity contribution in [3.8, 4) is 0 Å². The number of carbonyl (C=O) groups excluding carboxylic acids is 1. The molecule has 0 spiro atoms. The van der Waals surface area contributed by atoms with Gasteiger partial charge in [0.05, 0.1) is 6.61 Å². The van der Waals surface area contributed by atoms with Gasteiger partial charge in [0.15, 0.2) is 0 Å². The molecule has 1 heterocycles. The van der Waals surface area contributed by atoms with Gasteiger partial charge in [0.25, 0.3) is 12.3 Å². The first kappa shape index (κ1) is 13.4. The molecule has 0 aromatic carbocycles. The lowest BCUT2D eigenvalue weighted by Crippen LogP contribution is -2.23. The van der Waals surface area contributed by atoms with E-state index in [1.807, 2.05) is 0 Å². The standard InChI is InChI=1S/C12H12F4N2O2/c1-2-20-7(19)4-18-10-8(9(17-18)11(13)14)5-3-6(5)12(10,15)16/h5-6,11H,2-4H2,1H3/t5-,6?/m0/s1. The molecular formula is C12H12F4N2O2. The van der Waals surface area contributed by atoms with Crippen molar-refractivity contribution in [3.05, 3.63) is 17.0 Å². The zero-order chi connectivity index (χ0) is 14.7. The first-order chi connectivity index (χ1) is 9.37. The SMILES string of the molecule is CCOC(=O)Cn1nc(C(F)F)c2c1C(F)(F)C1C[C@H]21. The molecule has 0 bridgehead atoms. The molecule has 3 rings (SSSR count). The largest absolute Gasteiger partial charge is 0.465 e. The van der Waals surface area contributed by atoms with E-state index in [-0.39, 0.29) is 18.6 Å². The number of hydrogen-bond acceptors (Lipinski definition) is 3. The molecule has 1 aromatic rings. The van der Waals surface area contributed by atoms with Gasteiger partial charge in [0, 0.05) is 11.5 Å². The first-order valence-corrected chi connectivity index (χ1v) is 6.30. The lowest BCUT2D eigenvalue weighted by Gasteiger charge is -2.14. The van der Waals surface area contributed by atoms with Crippen molar-refractivity contribution in [2.45, 2.75) is 38.2 Å². The summed E-state index contributed by atoms with van der Waals surface area (Å²) in [5.41, 5.74) is -1.24. The molecule has 1 fully saturated rings. The van der Waals surface area contributed by atoms with Gasteiger partial charge in [-0.05, 0) is 19.3 Å². The Morgan fingerprint density at radius 2 is 2.25 bits per heavy atom. The Hall–Kier alpha value is -1.60. The summed E-state index contributed by atoms with van der Waals surface area (Å²) in [6, 6.07) is 0. The topological polar surface area (TPSA) is 44.1 Å². The number of halogens is 4. The summed E-state index contributed by atoms with van der Waals surface area (Å²) in [4.78, 5) is 11.4. The third-order valence-electron chi connectivity index (χ3n) is 3.75. The van der Waals surface area contributed by atoms with Crippen molar-refractivity contribution in [2.24, 2.45) is 5.92 Å². The maximum Gasteiger partial charge on any atom is 0.327 e. The summed E-state index contributed by atoms with van der Waals surface area (Å²) in [5, 5.41) is 3.51. The summed E-state index contributed by atoms with van der Waals surface area (Å²) in [6.45, 7) is 1.09. The second kappa shape index (κ2) is 4.20. The highest BCUT2D eigenvalue weighted by Gasteiger charge is 2.67. The van der Waals surface area contributed by atoms with Gasteiger partial charge in [-0.1, -0.05) is 0 Å². The third kappa shape index (κ3) is 1.73.